The molecule has 0 aromatic rings. The topological polar surface area (TPSA) is 26.3 Å². The van der Waals surface area contributed by atoms with Gasteiger partial charge in [0, 0.05) is 10.3 Å². The van der Waals surface area contributed by atoms with Crippen molar-refractivity contribution in [2.45, 2.75) is 64.9 Å². The molecule has 0 aromatic heterocycles. The van der Waals surface area contributed by atoms with E-state index in [0.29, 0.717) is 5.92 Å². The minimum atomic E-state index is -2.51. The van der Waals surface area contributed by atoms with Gasteiger partial charge in [-0.2, -0.15) is 0 Å². The quantitative estimate of drug-likeness (QED) is 0.657. The molecule has 1 aliphatic heterocycles. The van der Waals surface area contributed by atoms with Gasteiger partial charge in [-0.25, -0.2) is 0 Å². The Morgan fingerprint density at radius 1 is 1.14 bits per heavy atom. The minimum absolute atomic E-state index is 0.0480. The summed E-state index contributed by atoms with van der Waals surface area (Å²) in [4.78, 5) is 0. The fourth-order valence-corrected chi connectivity index (χ4v) is 6.70. The van der Waals surface area contributed by atoms with Crippen LogP contribution in [0.2, 0.25) is 0 Å². The van der Waals surface area contributed by atoms with Crippen LogP contribution in [-0.4, -0.2) is 16.4 Å². The van der Waals surface area contributed by atoms with E-state index in [9.17, 15) is 4.57 Å². The smallest absolute Gasteiger partial charge is 0.214 e. The van der Waals surface area contributed by atoms with E-state index in [-0.39, 0.29) is 16.4 Å². The summed E-state index contributed by atoms with van der Waals surface area (Å²) in [6, 6.07) is 0. The van der Waals surface area contributed by atoms with Gasteiger partial charge in [-0.1, -0.05) is 34.6 Å². The van der Waals surface area contributed by atoms with E-state index in [1.54, 1.807) is 0 Å². The summed E-state index contributed by atoms with van der Waals surface area (Å²) in [6.45, 7) is 14.3. The molecule has 0 spiro atoms. The second-order valence-corrected chi connectivity index (χ2v) is 9.35. The molecule has 0 aromatic carbocycles. The lowest BCUT2D eigenvalue weighted by Gasteiger charge is -2.61. The maximum absolute atomic E-state index is 12.8. The molecule has 1 fully saturated rings. The van der Waals surface area contributed by atoms with Crippen molar-refractivity contribution >= 4 is 7.37 Å². The molecule has 0 unspecified atom stereocenters. The van der Waals surface area contributed by atoms with Gasteiger partial charge in [-0.05, 0) is 19.8 Å². The Bertz CT molecular complexity index is 259. The molecule has 1 rings (SSSR count). The molecule has 0 bridgehead atoms. The van der Waals surface area contributed by atoms with Crippen molar-refractivity contribution in [2.75, 3.05) is 0 Å². The second kappa shape index (κ2) is 3.09. The Balaban J connectivity index is 3.03. The van der Waals surface area contributed by atoms with Gasteiger partial charge >= 0.3 is 0 Å². The van der Waals surface area contributed by atoms with Gasteiger partial charge in [0.25, 0.3) is 0 Å². The predicted octanol–water partition coefficient (Wildman–Crippen LogP) is 3.90. The number of hydrogen-bond acceptors (Lipinski definition) is 2. The van der Waals surface area contributed by atoms with Crippen LogP contribution in [-0.2, 0) is 9.09 Å². The summed E-state index contributed by atoms with van der Waals surface area (Å²) >= 11 is 0. The maximum atomic E-state index is 12.8. The Hall–Kier alpha value is 0.190. The highest BCUT2D eigenvalue weighted by atomic mass is 31.2. The summed E-state index contributed by atoms with van der Waals surface area (Å²) in [7, 11) is -2.51. The van der Waals surface area contributed by atoms with E-state index >= 15 is 0 Å². The molecule has 0 atom stereocenters. The third kappa shape index (κ3) is 1.23. The highest BCUT2D eigenvalue weighted by molar-refractivity contribution is 7.64. The monoisotopic (exact) mass is 218 g/mol. The van der Waals surface area contributed by atoms with E-state index < -0.39 is 7.37 Å². The predicted molar refractivity (Wildman–Crippen MR) is 61.1 cm³/mol. The zero-order valence-corrected chi connectivity index (χ0v) is 11.3. The van der Waals surface area contributed by atoms with Gasteiger partial charge in [0.05, 0.1) is 6.10 Å². The van der Waals surface area contributed by atoms with E-state index in [0.717, 1.165) is 0 Å². The number of rotatable bonds is 2. The Morgan fingerprint density at radius 3 is 1.79 bits per heavy atom. The van der Waals surface area contributed by atoms with Crippen molar-refractivity contribution in [3.63, 3.8) is 0 Å². The zero-order chi connectivity index (χ0) is 11.4. The van der Waals surface area contributed by atoms with Crippen molar-refractivity contribution in [1.82, 2.24) is 0 Å². The van der Waals surface area contributed by atoms with Crippen molar-refractivity contribution in [1.29, 1.82) is 0 Å². The molecule has 0 N–H and O–H groups in total. The average molecular weight is 218 g/mol. The molecule has 1 aliphatic rings. The fourth-order valence-electron chi connectivity index (χ4n) is 2.62. The van der Waals surface area contributed by atoms with Crippen LogP contribution in [0.15, 0.2) is 0 Å². The third-order valence-electron chi connectivity index (χ3n) is 4.00. The molecule has 0 saturated carbocycles. The Morgan fingerprint density at radius 2 is 1.50 bits per heavy atom. The Labute approximate surface area is 87.9 Å². The first-order chi connectivity index (χ1) is 6.07. The van der Waals surface area contributed by atoms with Crippen molar-refractivity contribution in [2.24, 2.45) is 5.92 Å². The normalized spacial score (nSPS) is 39.6. The molecular weight excluding hydrogens is 195 g/mol. The second-order valence-electron chi connectivity index (χ2n) is 5.73. The van der Waals surface area contributed by atoms with Gasteiger partial charge < -0.3 is 4.52 Å². The van der Waals surface area contributed by atoms with Crippen molar-refractivity contribution < 1.29 is 9.09 Å². The molecule has 2 nitrogen and oxygen atoms in total. The molecule has 84 valence electrons. The SMILES string of the molecule is CC(C)OP1(=O)C(C)(C)C(C)C1(C)C. The van der Waals surface area contributed by atoms with Crippen LogP contribution in [0.4, 0.5) is 0 Å². The number of hydrogen-bond donors (Lipinski definition) is 0. The van der Waals surface area contributed by atoms with Crippen LogP contribution in [0.3, 0.4) is 0 Å². The molecular formula is C11H23O2P. The van der Waals surface area contributed by atoms with Gasteiger partial charge in [0.2, 0.25) is 7.37 Å². The van der Waals surface area contributed by atoms with Crippen molar-refractivity contribution in [3.8, 4) is 0 Å². The van der Waals surface area contributed by atoms with E-state index in [4.69, 9.17) is 4.52 Å². The van der Waals surface area contributed by atoms with Crippen LogP contribution in [0.25, 0.3) is 0 Å². The fraction of sp³-hybridized carbons (Fsp3) is 1.00. The van der Waals surface area contributed by atoms with Crippen LogP contribution in [0, 0.1) is 5.92 Å². The summed E-state index contributed by atoms with van der Waals surface area (Å²) in [5, 5.41) is -0.332. The minimum Gasteiger partial charge on any atom is -0.325 e. The van der Waals surface area contributed by atoms with E-state index in [1.807, 2.05) is 13.8 Å². The van der Waals surface area contributed by atoms with Gasteiger partial charge in [0.1, 0.15) is 0 Å². The van der Waals surface area contributed by atoms with Crippen LogP contribution in [0.1, 0.15) is 48.5 Å². The Kier molecular flexibility index (Phi) is 2.71. The average Bonchev–Trinajstić information content (AvgIpc) is 2.00. The van der Waals surface area contributed by atoms with Crippen molar-refractivity contribution in [3.05, 3.63) is 0 Å². The van der Waals surface area contributed by atoms with Crippen LogP contribution < -0.4 is 0 Å². The summed E-state index contributed by atoms with van der Waals surface area (Å²) in [6.07, 6.45) is 0.0480. The summed E-state index contributed by atoms with van der Waals surface area (Å²) < 4.78 is 18.5. The van der Waals surface area contributed by atoms with Crippen LogP contribution >= 0.6 is 7.37 Å². The van der Waals surface area contributed by atoms with E-state index in [1.165, 1.54) is 0 Å². The molecule has 1 saturated heterocycles. The molecule has 3 heteroatoms. The lowest BCUT2D eigenvalue weighted by molar-refractivity contribution is 0.151. The highest BCUT2D eigenvalue weighted by Gasteiger charge is 2.69. The lowest BCUT2D eigenvalue weighted by atomic mass is 9.83. The first-order valence-corrected chi connectivity index (χ1v) is 6.98. The molecule has 14 heavy (non-hydrogen) atoms. The lowest BCUT2D eigenvalue weighted by Crippen LogP contribution is -2.58. The summed E-state index contributed by atoms with van der Waals surface area (Å²) in [5.41, 5.74) is 0. The van der Waals surface area contributed by atoms with Gasteiger partial charge in [-0.3, -0.25) is 4.57 Å². The van der Waals surface area contributed by atoms with E-state index in [2.05, 4.69) is 34.6 Å². The summed E-state index contributed by atoms with van der Waals surface area (Å²) in [5.74, 6) is 0.444. The van der Waals surface area contributed by atoms with Gasteiger partial charge in [-0.15, -0.1) is 0 Å². The molecule has 0 aliphatic carbocycles. The molecule has 1 heterocycles. The molecule has 0 radical (unpaired) electrons. The maximum Gasteiger partial charge on any atom is 0.214 e. The van der Waals surface area contributed by atoms with Gasteiger partial charge in [0.15, 0.2) is 0 Å². The largest absolute Gasteiger partial charge is 0.325 e. The molecule has 0 amide bonds. The first-order valence-electron chi connectivity index (χ1n) is 5.36. The standard InChI is InChI=1S/C11H23O2P/c1-8(2)13-14(12)10(4,5)9(3)11(14,6)7/h8-9H,1-7H3. The van der Waals surface area contributed by atoms with Crippen LogP contribution in [0.5, 0.6) is 0 Å². The third-order valence-corrected chi connectivity index (χ3v) is 8.52. The first kappa shape index (κ1) is 12.3. The highest BCUT2D eigenvalue weighted by Crippen LogP contribution is 2.82. The zero-order valence-electron chi connectivity index (χ0n) is 10.4.